The molecule has 6 rings (SSSR count). The van der Waals surface area contributed by atoms with Gasteiger partial charge < -0.3 is 4.90 Å². The van der Waals surface area contributed by atoms with E-state index in [1.165, 1.54) is 11.3 Å². The van der Waals surface area contributed by atoms with Gasteiger partial charge in [0.2, 0.25) is 0 Å². The van der Waals surface area contributed by atoms with Crippen LogP contribution in [0.15, 0.2) is 24.4 Å². The molecule has 2 aromatic rings. The number of aromatic nitrogens is 1. The number of likely N-dealkylation sites (tertiary alicyclic amines) is 1. The van der Waals surface area contributed by atoms with Gasteiger partial charge in [-0.3, -0.25) is 4.79 Å². The van der Waals surface area contributed by atoms with E-state index in [9.17, 15) is 39.6 Å². The molecule has 1 amide bonds. The highest BCUT2D eigenvalue weighted by atomic mass is 32.2. The molecule has 3 heterocycles. The van der Waals surface area contributed by atoms with E-state index in [0.29, 0.717) is 36.4 Å². The highest BCUT2D eigenvalue weighted by molar-refractivity contribution is 7.87. The van der Waals surface area contributed by atoms with Crippen LogP contribution in [0, 0.1) is 11.8 Å². The Bertz CT molecular complexity index is 1450. The van der Waals surface area contributed by atoms with Gasteiger partial charge in [-0.15, -0.1) is 11.3 Å². The summed E-state index contributed by atoms with van der Waals surface area (Å²) in [6.45, 7) is -1.65. The van der Waals surface area contributed by atoms with Crippen LogP contribution in [-0.2, 0) is 27.8 Å². The summed E-state index contributed by atoms with van der Waals surface area (Å²) in [5, 5.41) is 0.749. The van der Waals surface area contributed by atoms with Crippen LogP contribution in [0.5, 0.6) is 0 Å². The van der Waals surface area contributed by atoms with Gasteiger partial charge in [-0.1, -0.05) is 12.1 Å². The lowest BCUT2D eigenvalue weighted by atomic mass is 9.79. The van der Waals surface area contributed by atoms with Gasteiger partial charge >= 0.3 is 18.3 Å². The van der Waals surface area contributed by atoms with Crippen LogP contribution >= 0.6 is 11.3 Å². The zero-order chi connectivity index (χ0) is 29.4. The number of carbonyl (C=O) groups excluding carboxylic acids is 1. The monoisotopic (exact) mass is 622 g/mol. The molecular weight excluding hydrogens is 594 g/mol. The molecule has 1 spiro atoms. The van der Waals surface area contributed by atoms with Crippen molar-refractivity contribution in [1.29, 1.82) is 0 Å². The number of halogens is 6. The molecule has 2 saturated heterocycles. The zero-order valence-electron chi connectivity index (χ0n) is 21.8. The third kappa shape index (κ3) is 5.38. The molecule has 3 atom stereocenters. The third-order valence-electron chi connectivity index (χ3n) is 9.11. The molecule has 3 fully saturated rings. The second-order valence-corrected chi connectivity index (χ2v) is 14.3. The maximum atomic E-state index is 13.1. The van der Waals surface area contributed by atoms with Crippen molar-refractivity contribution < 1.29 is 39.6 Å². The van der Waals surface area contributed by atoms with Gasteiger partial charge in [-0.2, -0.15) is 43.8 Å². The maximum Gasteiger partial charge on any atom is 0.471 e. The lowest BCUT2D eigenvalue weighted by Crippen LogP contribution is -2.52. The number of thiazole rings is 1. The molecule has 1 aromatic heterocycles. The summed E-state index contributed by atoms with van der Waals surface area (Å²) in [7, 11) is -4.25. The van der Waals surface area contributed by atoms with Gasteiger partial charge in [-0.05, 0) is 73.5 Å². The van der Waals surface area contributed by atoms with E-state index in [2.05, 4.69) is 9.71 Å². The summed E-state index contributed by atoms with van der Waals surface area (Å²) in [6, 6.07) is 5.94. The summed E-state index contributed by atoms with van der Waals surface area (Å²) in [5.74, 6) is -2.06. The van der Waals surface area contributed by atoms with Crippen molar-refractivity contribution >= 4 is 27.5 Å². The van der Waals surface area contributed by atoms with Gasteiger partial charge in [0.15, 0.2) is 0 Å². The van der Waals surface area contributed by atoms with Crippen LogP contribution < -0.4 is 4.72 Å². The van der Waals surface area contributed by atoms with Crippen LogP contribution in [0.25, 0.3) is 10.6 Å². The Morgan fingerprint density at radius 1 is 1.02 bits per heavy atom. The smallest absolute Gasteiger partial charge is 0.335 e. The predicted octanol–water partition coefficient (Wildman–Crippen LogP) is 4.65. The zero-order valence-corrected chi connectivity index (χ0v) is 23.4. The highest BCUT2D eigenvalue weighted by Crippen LogP contribution is 2.51. The van der Waals surface area contributed by atoms with Crippen LogP contribution in [0.4, 0.5) is 26.3 Å². The number of carbonyl (C=O) groups is 1. The minimum absolute atomic E-state index is 0.00462. The van der Waals surface area contributed by atoms with Crippen molar-refractivity contribution in [3.05, 3.63) is 40.4 Å². The largest absolute Gasteiger partial charge is 0.471 e. The fourth-order valence-corrected chi connectivity index (χ4v) is 9.92. The third-order valence-corrected chi connectivity index (χ3v) is 11.9. The number of hydrogen-bond acceptors (Lipinski definition) is 5. The molecule has 2 bridgehead atoms. The highest BCUT2D eigenvalue weighted by Gasteiger charge is 2.60. The van der Waals surface area contributed by atoms with Gasteiger partial charge in [0, 0.05) is 36.3 Å². The predicted molar refractivity (Wildman–Crippen MR) is 138 cm³/mol. The topological polar surface area (TPSA) is 82.6 Å². The Morgan fingerprint density at radius 3 is 2.32 bits per heavy atom. The fourth-order valence-electron chi connectivity index (χ4n) is 7.13. The number of nitrogens with zero attached hydrogens (tertiary/aromatic N) is 3. The first kappa shape index (κ1) is 28.9. The van der Waals surface area contributed by atoms with Gasteiger partial charge in [-0.25, -0.2) is 4.98 Å². The molecule has 7 nitrogen and oxygen atoms in total. The van der Waals surface area contributed by atoms with Crippen molar-refractivity contribution in [1.82, 2.24) is 18.9 Å². The van der Waals surface area contributed by atoms with Crippen LogP contribution in [0.2, 0.25) is 0 Å². The number of hydrogen-bond donors (Lipinski definition) is 1. The molecule has 15 heteroatoms. The van der Waals surface area contributed by atoms with E-state index < -0.39 is 40.6 Å². The van der Waals surface area contributed by atoms with Gasteiger partial charge in [0.05, 0.1) is 5.54 Å². The molecule has 4 aliphatic rings. The number of alkyl halides is 6. The first-order valence-corrected chi connectivity index (χ1v) is 15.7. The van der Waals surface area contributed by atoms with E-state index in [1.54, 1.807) is 6.20 Å². The Kier molecular flexibility index (Phi) is 6.98. The van der Waals surface area contributed by atoms with E-state index in [-0.39, 0.29) is 37.4 Å². The van der Waals surface area contributed by atoms with E-state index in [0.717, 1.165) is 37.9 Å². The molecule has 2 aliphatic carbocycles. The Morgan fingerprint density at radius 2 is 1.68 bits per heavy atom. The molecule has 0 unspecified atom stereocenters. The van der Waals surface area contributed by atoms with Crippen molar-refractivity contribution in [2.75, 3.05) is 26.2 Å². The molecule has 0 radical (unpaired) electrons. The minimum Gasteiger partial charge on any atom is -0.335 e. The number of nitrogens with one attached hydrogen (secondary N) is 1. The summed E-state index contributed by atoms with van der Waals surface area (Å²) in [4.78, 5) is 17.9. The molecule has 41 heavy (non-hydrogen) atoms. The minimum atomic E-state index is -4.88. The average molecular weight is 623 g/mol. The Balaban J connectivity index is 1.18. The van der Waals surface area contributed by atoms with Crippen molar-refractivity contribution in [2.45, 2.75) is 62.3 Å². The lowest BCUT2D eigenvalue weighted by molar-refractivity contribution is -0.186. The standard InChI is InChI=1S/C26H28F6N4O3S2/c27-25(28,29)14-36-13-24(34-41(36,38)39)19-3-4-20(24)11-18-9-17(2-1-16(18)10-19)22-33-12-21(40-22)15-5-7-35(8-6-15)23(37)26(30,31)32/h1-2,9,12,15,19-20,34H,3-8,10-11,13-14H2/t19-,20+,24+/m0/s1. The first-order chi connectivity index (χ1) is 19.1. The second-order valence-electron chi connectivity index (χ2n) is 11.5. The fraction of sp³-hybridized carbons (Fsp3) is 0.615. The molecular formula is C26H28F6N4O3S2. The number of fused-ring (bicyclic) bond motifs is 1. The van der Waals surface area contributed by atoms with E-state index in [4.69, 9.17) is 0 Å². The second kappa shape index (κ2) is 9.91. The lowest BCUT2D eigenvalue weighted by Gasteiger charge is -2.33. The number of rotatable bonds is 3. The molecule has 1 N–H and O–H groups in total. The Hall–Kier alpha value is -2.23. The molecule has 224 valence electrons. The van der Waals surface area contributed by atoms with E-state index in [1.807, 2.05) is 18.2 Å². The van der Waals surface area contributed by atoms with Crippen molar-refractivity contribution in [3.63, 3.8) is 0 Å². The summed E-state index contributed by atoms with van der Waals surface area (Å²) < 4.78 is 106. The van der Waals surface area contributed by atoms with Gasteiger partial charge in [0.1, 0.15) is 11.6 Å². The normalized spacial score (nSPS) is 28.7. The summed E-state index contributed by atoms with van der Waals surface area (Å²) >= 11 is 1.46. The first-order valence-electron chi connectivity index (χ1n) is 13.4. The Labute approximate surface area is 237 Å². The molecule has 1 saturated carbocycles. The van der Waals surface area contributed by atoms with Crippen LogP contribution in [-0.4, -0.2) is 72.6 Å². The average Bonchev–Trinajstić information content (AvgIpc) is 3.52. The van der Waals surface area contributed by atoms with Crippen molar-refractivity contribution in [2.24, 2.45) is 11.8 Å². The van der Waals surface area contributed by atoms with Gasteiger partial charge in [0.25, 0.3) is 10.2 Å². The number of benzene rings is 1. The quantitative estimate of drug-likeness (QED) is 0.506. The molecule has 2 aliphatic heterocycles. The summed E-state index contributed by atoms with van der Waals surface area (Å²) in [6.07, 6.45) is -4.40. The van der Waals surface area contributed by atoms with Crippen molar-refractivity contribution in [3.8, 4) is 10.6 Å². The van der Waals surface area contributed by atoms with E-state index >= 15 is 0 Å². The van der Waals surface area contributed by atoms with Crippen LogP contribution in [0.1, 0.15) is 47.6 Å². The summed E-state index contributed by atoms with van der Waals surface area (Å²) in [5.41, 5.74) is 1.99. The van der Waals surface area contributed by atoms with Crippen LogP contribution in [0.3, 0.4) is 0 Å². The SMILES string of the molecule is O=C(N1CCC(c2cnc(-c3ccc4c(c3)C[C@H]3CC[C@@H](C4)[C@]34CN(CC(F)(F)F)S(=O)(=O)N4)s2)CC1)C(F)(F)F. The molecule has 1 aromatic carbocycles. The maximum absolute atomic E-state index is 13.1. The number of piperidine rings is 1. The number of amides is 1.